The zero-order valence-corrected chi connectivity index (χ0v) is 10.1. The Morgan fingerprint density at radius 3 is 2.53 bits per heavy atom. The summed E-state index contributed by atoms with van der Waals surface area (Å²) in [5, 5.41) is 3.24. The van der Waals surface area contributed by atoms with E-state index in [1.54, 1.807) is 0 Å². The Labute approximate surface area is 91.4 Å². The second kappa shape index (κ2) is 4.66. The van der Waals surface area contributed by atoms with Crippen molar-refractivity contribution in [3.8, 4) is 0 Å². The molecular formula is C11H17NO2S. The van der Waals surface area contributed by atoms with Crippen molar-refractivity contribution < 1.29 is 8.42 Å². The van der Waals surface area contributed by atoms with E-state index in [1.165, 1.54) is 6.26 Å². The van der Waals surface area contributed by atoms with Crippen molar-refractivity contribution >= 4 is 15.5 Å². The summed E-state index contributed by atoms with van der Waals surface area (Å²) < 4.78 is 22.2. The highest BCUT2D eigenvalue weighted by Gasteiger charge is 2.05. The SMILES string of the molecule is CC(C)Nc1cccc(CS(C)(=O)=O)c1. The van der Waals surface area contributed by atoms with Crippen LogP contribution in [0, 0.1) is 0 Å². The Morgan fingerprint density at radius 1 is 1.33 bits per heavy atom. The molecule has 0 aliphatic carbocycles. The monoisotopic (exact) mass is 227 g/mol. The van der Waals surface area contributed by atoms with E-state index in [1.807, 2.05) is 38.1 Å². The fourth-order valence-electron chi connectivity index (χ4n) is 1.39. The standard InChI is InChI=1S/C11H17NO2S/c1-9(2)12-11-6-4-5-10(7-11)8-15(3,13)14/h4-7,9,12H,8H2,1-3H3. The van der Waals surface area contributed by atoms with Gasteiger partial charge < -0.3 is 5.32 Å². The lowest BCUT2D eigenvalue weighted by molar-refractivity contribution is 0.601. The molecule has 0 saturated heterocycles. The van der Waals surface area contributed by atoms with Crippen molar-refractivity contribution in [3.63, 3.8) is 0 Å². The Morgan fingerprint density at radius 2 is 2.00 bits per heavy atom. The van der Waals surface area contributed by atoms with Crippen molar-refractivity contribution in [2.45, 2.75) is 25.6 Å². The number of nitrogens with one attached hydrogen (secondary N) is 1. The highest BCUT2D eigenvalue weighted by molar-refractivity contribution is 7.89. The lowest BCUT2D eigenvalue weighted by atomic mass is 10.2. The molecule has 3 nitrogen and oxygen atoms in total. The third-order valence-corrected chi connectivity index (χ3v) is 2.67. The lowest BCUT2D eigenvalue weighted by Crippen LogP contribution is -2.10. The fourth-order valence-corrected chi connectivity index (χ4v) is 2.17. The number of anilines is 1. The number of hydrogen-bond acceptors (Lipinski definition) is 3. The van der Waals surface area contributed by atoms with Crippen LogP contribution in [-0.4, -0.2) is 20.7 Å². The molecule has 0 spiro atoms. The average Bonchev–Trinajstić information content (AvgIpc) is 1.99. The molecule has 84 valence electrons. The number of hydrogen-bond donors (Lipinski definition) is 1. The van der Waals surface area contributed by atoms with Crippen LogP contribution in [0.3, 0.4) is 0 Å². The minimum absolute atomic E-state index is 0.0978. The fraction of sp³-hybridized carbons (Fsp3) is 0.455. The van der Waals surface area contributed by atoms with Gasteiger partial charge in [0.15, 0.2) is 9.84 Å². The predicted molar refractivity (Wildman–Crippen MR) is 63.7 cm³/mol. The number of benzene rings is 1. The maximum absolute atomic E-state index is 11.1. The van der Waals surface area contributed by atoms with Gasteiger partial charge in [0.2, 0.25) is 0 Å². The van der Waals surface area contributed by atoms with E-state index in [-0.39, 0.29) is 5.75 Å². The molecule has 0 aliphatic rings. The Kier molecular flexibility index (Phi) is 3.74. The van der Waals surface area contributed by atoms with Crippen LogP contribution in [0.2, 0.25) is 0 Å². The van der Waals surface area contributed by atoms with Gasteiger partial charge in [0.25, 0.3) is 0 Å². The molecule has 1 rings (SSSR count). The smallest absolute Gasteiger partial charge is 0.151 e. The van der Waals surface area contributed by atoms with Gasteiger partial charge in [-0.3, -0.25) is 0 Å². The van der Waals surface area contributed by atoms with Crippen LogP contribution in [0.5, 0.6) is 0 Å². The van der Waals surface area contributed by atoms with Crippen molar-refractivity contribution in [2.75, 3.05) is 11.6 Å². The van der Waals surface area contributed by atoms with Crippen molar-refractivity contribution in [1.82, 2.24) is 0 Å². The van der Waals surface area contributed by atoms with Crippen molar-refractivity contribution in [2.24, 2.45) is 0 Å². The third kappa shape index (κ3) is 4.83. The summed E-state index contributed by atoms with van der Waals surface area (Å²) in [5.74, 6) is 0.0978. The average molecular weight is 227 g/mol. The first-order chi connectivity index (χ1) is 6.87. The van der Waals surface area contributed by atoms with Gasteiger partial charge in [0.1, 0.15) is 0 Å². The molecule has 0 saturated carbocycles. The van der Waals surface area contributed by atoms with Crippen molar-refractivity contribution in [1.29, 1.82) is 0 Å². The maximum Gasteiger partial charge on any atom is 0.151 e. The van der Waals surface area contributed by atoms with Crippen LogP contribution in [0.15, 0.2) is 24.3 Å². The number of sulfone groups is 1. The van der Waals surface area contributed by atoms with Gasteiger partial charge in [-0.1, -0.05) is 12.1 Å². The maximum atomic E-state index is 11.1. The first-order valence-electron chi connectivity index (χ1n) is 4.90. The molecule has 1 aromatic rings. The largest absolute Gasteiger partial charge is 0.383 e. The van der Waals surface area contributed by atoms with Gasteiger partial charge >= 0.3 is 0 Å². The minimum Gasteiger partial charge on any atom is -0.383 e. The Hall–Kier alpha value is -1.03. The summed E-state index contributed by atoms with van der Waals surface area (Å²) in [7, 11) is -2.95. The molecule has 0 aromatic heterocycles. The van der Waals surface area contributed by atoms with E-state index in [4.69, 9.17) is 0 Å². The highest BCUT2D eigenvalue weighted by Crippen LogP contribution is 2.13. The van der Waals surface area contributed by atoms with Gasteiger partial charge in [-0.25, -0.2) is 8.42 Å². The summed E-state index contributed by atoms with van der Waals surface area (Å²) in [6.07, 6.45) is 1.25. The van der Waals surface area contributed by atoms with E-state index in [9.17, 15) is 8.42 Å². The van der Waals surface area contributed by atoms with Crippen LogP contribution in [0.25, 0.3) is 0 Å². The van der Waals surface area contributed by atoms with E-state index in [2.05, 4.69) is 5.32 Å². The van der Waals surface area contributed by atoms with Gasteiger partial charge in [-0.2, -0.15) is 0 Å². The predicted octanol–water partition coefficient (Wildman–Crippen LogP) is 2.05. The molecule has 0 unspecified atom stereocenters. The van der Waals surface area contributed by atoms with Crippen LogP contribution in [0.4, 0.5) is 5.69 Å². The van der Waals surface area contributed by atoms with Gasteiger partial charge in [0, 0.05) is 18.0 Å². The topological polar surface area (TPSA) is 46.2 Å². The van der Waals surface area contributed by atoms with E-state index >= 15 is 0 Å². The molecule has 1 N–H and O–H groups in total. The quantitative estimate of drug-likeness (QED) is 0.856. The molecule has 0 fully saturated rings. The summed E-state index contributed by atoms with van der Waals surface area (Å²) in [5.41, 5.74) is 1.79. The molecule has 15 heavy (non-hydrogen) atoms. The molecule has 4 heteroatoms. The highest BCUT2D eigenvalue weighted by atomic mass is 32.2. The second-order valence-corrected chi connectivity index (χ2v) is 6.21. The normalized spacial score (nSPS) is 11.7. The van der Waals surface area contributed by atoms with Crippen LogP contribution in [-0.2, 0) is 15.6 Å². The van der Waals surface area contributed by atoms with Gasteiger partial charge in [-0.15, -0.1) is 0 Å². The molecule has 0 heterocycles. The molecule has 1 aromatic carbocycles. The van der Waals surface area contributed by atoms with E-state index < -0.39 is 9.84 Å². The Bertz CT molecular complexity index is 424. The lowest BCUT2D eigenvalue weighted by Gasteiger charge is -2.10. The summed E-state index contributed by atoms with van der Waals surface area (Å²) >= 11 is 0. The third-order valence-electron chi connectivity index (χ3n) is 1.81. The van der Waals surface area contributed by atoms with Gasteiger partial charge in [0.05, 0.1) is 5.75 Å². The van der Waals surface area contributed by atoms with Crippen LogP contribution < -0.4 is 5.32 Å². The molecule has 0 bridgehead atoms. The molecule has 0 aliphatic heterocycles. The minimum atomic E-state index is -2.95. The van der Waals surface area contributed by atoms with Crippen LogP contribution >= 0.6 is 0 Å². The molecule has 0 atom stereocenters. The van der Waals surface area contributed by atoms with E-state index in [0.717, 1.165) is 11.3 Å². The molecular weight excluding hydrogens is 210 g/mol. The van der Waals surface area contributed by atoms with Gasteiger partial charge in [-0.05, 0) is 31.5 Å². The second-order valence-electron chi connectivity index (χ2n) is 4.07. The zero-order chi connectivity index (χ0) is 11.5. The summed E-state index contributed by atoms with van der Waals surface area (Å²) in [6, 6.07) is 7.85. The van der Waals surface area contributed by atoms with Crippen molar-refractivity contribution in [3.05, 3.63) is 29.8 Å². The zero-order valence-electron chi connectivity index (χ0n) is 9.32. The molecule has 0 radical (unpaired) electrons. The molecule has 0 amide bonds. The first-order valence-corrected chi connectivity index (χ1v) is 6.96. The Balaban J connectivity index is 2.83. The van der Waals surface area contributed by atoms with Crippen LogP contribution in [0.1, 0.15) is 19.4 Å². The summed E-state index contributed by atoms with van der Waals surface area (Å²) in [6.45, 7) is 4.09. The first kappa shape index (κ1) is 12.0. The number of rotatable bonds is 4. The van der Waals surface area contributed by atoms with E-state index in [0.29, 0.717) is 6.04 Å². The summed E-state index contributed by atoms with van der Waals surface area (Å²) in [4.78, 5) is 0.